The molecule has 8 nitrogen and oxygen atoms in total. The minimum absolute atomic E-state index is 0.0239. The van der Waals surface area contributed by atoms with E-state index >= 15 is 0 Å². The highest BCUT2D eigenvalue weighted by Crippen LogP contribution is 2.35. The second-order valence-electron chi connectivity index (χ2n) is 7.36. The maximum absolute atomic E-state index is 12.7. The second kappa shape index (κ2) is 6.12. The number of rotatable bonds is 0. The molecule has 28 heavy (non-hydrogen) atoms. The molecule has 0 spiro atoms. The maximum Gasteiger partial charge on any atom is 0.228 e. The molecule has 0 N–H and O–H groups in total. The monoisotopic (exact) mass is 375 g/mol. The van der Waals surface area contributed by atoms with Gasteiger partial charge in [-0.25, -0.2) is 4.98 Å². The van der Waals surface area contributed by atoms with Gasteiger partial charge in [-0.15, -0.1) is 0 Å². The molecule has 0 unspecified atom stereocenters. The first-order chi connectivity index (χ1) is 13.5. The highest BCUT2D eigenvalue weighted by Gasteiger charge is 2.26. The van der Waals surface area contributed by atoms with Crippen LogP contribution in [0.1, 0.15) is 35.5 Å². The van der Waals surface area contributed by atoms with E-state index in [1.54, 1.807) is 22.8 Å². The third-order valence-corrected chi connectivity index (χ3v) is 5.39. The molecule has 5 rings (SSSR count). The normalized spacial score (nSPS) is 16.0. The number of fused-ring (bicyclic) bond motifs is 6. The van der Waals surface area contributed by atoms with Gasteiger partial charge in [0.15, 0.2) is 5.82 Å². The molecular formula is C20H21N7O. The zero-order chi connectivity index (χ0) is 19.4. The molecule has 0 saturated heterocycles. The predicted molar refractivity (Wildman–Crippen MR) is 105 cm³/mol. The molecule has 4 bridgehead atoms. The molecule has 4 heterocycles. The fraction of sp³-hybridized carbons (Fsp3) is 0.350. The molecule has 0 fully saturated rings. The molecule has 0 aromatic carbocycles. The topological polar surface area (TPSA) is 81.7 Å². The van der Waals surface area contributed by atoms with E-state index in [4.69, 9.17) is 4.98 Å². The summed E-state index contributed by atoms with van der Waals surface area (Å²) in [5.41, 5.74) is 6.51. The van der Waals surface area contributed by atoms with Crippen LogP contribution in [0.5, 0.6) is 0 Å². The molecule has 1 aliphatic carbocycles. The molecule has 1 amide bonds. The summed E-state index contributed by atoms with van der Waals surface area (Å²) in [5.74, 6) is 0.632. The van der Waals surface area contributed by atoms with Crippen LogP contribution in [0.25, 0.3) is 16.8 Å². The third kappa shape index (κ3) is 2.56. The number of aryl methyl sites for hydroxylation is 3. The Bertz CT molecular complexity index is 1140. The number of nitrogens with zero attached hydrogens (tertiary/aromatic N) is 7. The predicted octanol–water partition coefficient (Wildman–Crippen LogP) is 2.13. The highest BCUT2D eigenvalue weighted by molar-refractivity contribution is 5.95. The molecule has 3 aromatic heterocycles. The fourth-order valence-corrected chi connectivity index (χ4v) is 3.92. The molecule has 2 aliphatic rings. The first kappa shape index (κ1) is 16.9. The van der Waals surface area contributed by atoms with Crippen LogP contribution in [0.4, 0.5) is 5.82 Å². The van der Waals surface area contributed by atoms with Crippen molar-refractivity contribution in [3.05, 3.63) is 47.3 Å². The van der Waals surface area contributed by atoms with E-state index in [0.717, 1.165) is 52.3 Å². The summed E-state index contributed by atoms with van der Waals surface area (Å²) in [7, 11) is 3.62. The Balaban J connectivity index is 1.72. The minimum atomic E-state index is 0.0239. The van der Waals surface area contributed by atoms with Crippen LogP contribution < -0.4 is 4.90 Å². The second-order valence-corrected chi connectivity index (χ2v) is 7.36. The zero-order valence-electron chi connectivity index (χ0n) is 16.2. The van der Waals surface area contributed by atoms with Crippen LogP contribution in [0.15, 0.2) is 24.7 Å². The number of anilines is 1. The minimum Gasteiger partial charge on any atom is -0.298 e. The average molecular weight is 375 g/mol. The van der Waals surface area contributed by atoms with Gasteiger partial charge in [0, 0.05) is 57.0 Å². The van der Waals surface area contributed by atoms with Crippen molar-refractivity contribution >= 4 is 17.3 Å². The summed E-state index contributed by atoms with van der Waals surface area (Å²) in [6.07, 6.45) is 9.82. The van der Waals surface area contributed by atoms with Crippen LogP contribution in [-0.4, -0.2) is 42.5 Å². The molecule has 1 aliphatic heterocycles. The first-order valence-corrected chi connectivity index (χ1v) is 9.42. The van der Waals surface area contributed by atoms with Crippen LogP contribution in [-0.2, 0) is 24.8 Å². The van der Waals surface area contributed by atoms with Crippen LogP contribution in [0, 0.1) is 6.92 Å². The third-order valence-electron chi connectivity index (χ3n) is 5.39. The Hall–Kier alpha value is -3.29. The van der Waals surface area contributed by atoms with Crippen LogP contribution >= 0.6 is 0 Å². The standard InChI is InChI=1S/C20H21N7O/c1-12-14-11-27(23-12)8-4-5-18(28)26(3)20-15(10-25(2)24-20)17-9-21-16-7-6-13(14)19(16)22-17/h6,9-11H,4-5,7-8H2,1-3H3. The molecule has 0 saturated carbocycles. The number of carbonyl (C=O) groups is 1. The van der Waals surface area contributed by atoms with Crippen molar-refractivity contribution in [2.24, 2.45) is 7.05 Å². The number of amides is 1. The summed E-state index contributed by atoms with van der Waals surface area (Å²) >= 11 is 0. The van der Waals surface area contributed by atoms with E-state index < -0.39 is 0 Å². The van der Waals surface area contributed by atoms with E-state index in [2.05, 4.69) is 27.5 Å². The van der Waals surface area contributed by atoms with Gasteiger partial charge in [-0.05, 0) is 13.3 Å². The van der Waals surface area contributed by atoms with Gasteiger partial charge in [0.2, 0.25) is 5.91 Å². The van der Waals surface area contributed by atoms with Crippen molar-refractivity contribution < 1.29 is 4.79 Å². The number of allylic oxidation sites excluding steroid dienone is 1. The summed E-state index contributed by atoms with van der Waals surface area (Å²) in [5, 5.41) is 9.15. The van der Waals surface area contributed by atoms with Gasteiger partial charge in [0.25, 0.3) is 0 Å². The Labute approximate surface area is 162 Å². The van der Waals surface area contributed by atoms with E-state index in [-0.39, 0.29) is 5.91 Å². The number of hydrogen-bond acceptors (Lipinski definition) is 5. The van der Waals surface area contributed by atoms with Crippen LogP contribution in [0.3, 0.4) is 0 Å². The summed E-state index contributed by atoms with van der Waals surface area (Å²) < 4.78 is 3.64. The quantitative estimate of drug-likeness (QED) is 0.601. The van der Waals surface area contributed by atoms with E-state index in [0.29, 0.717) is 18.8 Å². The van der Waals surface area contributed by atoms with Crippen molar-refractivity contribution in [3.8, 4) is 11.3 Å². The molecule has 0 radical (unpaired) electrons. The summed E-state index contributed by atoms with van der Waals surface area (Å²) in [6.45, 7) is 2.71. The van der Waals surface area contributed by atoms with Crippen LogP contribution in [0.2, 0.25) is 0 Å². The lowest BCUT2D eigenvalue weighted by Crippen LogP contribution is -2.27. The van der Waals surface area contributed by atoms with Gasteiger partial charge in [0.05, 0.1) is 34.5 Å². The summed E-state index contributed by atoms with van der Waals surface area (Å²) in [4.78, 5) is 23.9. The Morgan fingerprint density at radius 2 is 1.96 bits per heavy atom. The lowest BCUT2D eigenvalue weighted by Gasteiger charge is -2.16. The van der Waals surface area contributed by atoms with Crippen molar-refractivity contribution in [1.29, 1.82) is 0 Å². The van der Waals surface area contributed by atoms with Crippen molar-refractivity contribution in [1.82, 2.24) is 29.5 Å². The van der Waals surface area contributed by atoms with Crippen molar-refractivity contribution in [2.75, 3.05) is 11.9 Å². The average Bonchev–Trinajstić information content (AvgIpc) is 3.36. The fourth-order valence-electron chi connectivity index (χ4n) is 3.92. The van der Waals surface area contributed by atoms with Gasteiger partial charge in [0.1, 0.15) is 0 Å². The molecule has 142 valence electrons. The van der Waals surface area contributed by atoms with Crippen molar-refractivity contribution in [2.45, 2.75) is 32.7 Å². The van der Waals surface area contributed by atoms with Gasteiger partial charge in [-0.2, -0.15) is 10.2 Å². The van der Waals surface area contributed by atoms with Crippen molar-refractivity contribution in [3.63, 3.8) is 0 Å². The Kier molecular flexibility index (Phi) is 3.68. The SMILES string of the molecule is Cc1nn2cc1C1=CCc3ncc(nc31)-c1cn(C)nc1N(C)C(=O)CCC2. The lowest BCUT2D eigenvalue weighted by atomic mass is 10.1. The number of hydrogen-bond donors (Lipinski definition) is 0. The largest absolute Gasteiger partial charge is 0.298 e. The van der Waals surface area contributed by atoms with Gasteiger partial charge >= 0.3 is 0 Å². The highest BCUT2D eigenvalue weighted by atomic mass is 16.2. The first-order valence-electron chi connectivity index (χ1n) is 9.42. The van der Waals surface area contributed by atoms with Gasteiger partial charge in [-0.1, -0.05) is 6.08 Å². The van der Waals surface area contributed by atoms with E-state index in [1.807, 2.05) is 24.9 Å². The molecule has 8 heteroatoms. The Morgan fingerprint density at radius 3 is 2.82 bits per heavy atom. The molecule has 3 aromatic rings. The van der Waals surface area contributed by atoms with Gasteiger partial charge in [-0.3, -0.25) is 24.0 Å². The molecular weight excluding hydrogens is 354 g/mol. The van der Waals surface area contributed by atoms with Gasteiger partial charge < -0.3 is 0 Å². The Morgan fingerprint density at radius 1 is 1.11 bits per heavy atom. The van der Waals surface area contributed by atoms with E-state index in [1.165, 1.54) is 0 Å². The molecule has 0 atom stereocenters. The lowest BCUT2D eigenvalue weighted by molar-refractivity contribution is -0.118. The maximum atomic E-state index is 12.7. The number of aromatic nitrogens is 6. The smallest absolute Gasteiger partial charge is 0.228 e. The summed E-state index contributed by atoms with van der Waals surface area (Å²) in [6, 6.07) is 0. The number of carbonyl (C=O) groups excluding carboxylic acids is 1. The van der Waals surface area contributed by atoms with E-state index in [9.17, 15) is 4.79 Å². The zero-order valence-corrected chi connectivity index (χ0v) is 16.2.